The first-order valence-corrected chi connectivity index (χ1v) is 5.15. The average Bonchev–Trinajstić information content (AvgIpc) is 2.74. The van der Waals surface area contributed by atoms with Gasteiger partial charge < -0.3 is 19.9 Å². The Balaban J connectivity index is 2.45. The molecule has 0 aliphatic rings. The van der Waals surface area contributed by atoms with Gasteiger partial charge in [0.15, 0.2) is 0 Å². The van der Waals surface area contributed by atoms with Gasteiger partial charge in [0.25, 0.3) is 0 Å². The molecule has 3 N–H and O–H groups in total. The van der Waals surface area contributed by atoms with E-state index in [-0.39, 0.29) is 6.61 Å². The van der Waals surface area contributed by atoms with Gasteiger partial charge in [-0.25, -0.2) is 0 Å². The molecule has 1 aromatic heterocycles. The van der Waals surface area contributed by atoms with Crippen LogP contribution in [-0.4, -0.2) is 35.0 Å². The first kappa shape index (κ1) is 11.1. The van der Waals surface area contributed by atoms with E-state index < -0.39 is 12.2 Å². The van der Waals surface area contributed by atoms with Crippen molar-refractivity contribution in [1.29, 1.82) is 0 Å². The van der Waals surface area contributed by atoms with Crippen LogP contribution in [0, 0.1) is 0 Å². The SMILES string of the molecule is CO[C@@H](c1c[nH]c2ccccc12)[C@H](O)CO. The van der Waals surface area contributed by atoms with Gasteiger partial charge in [-0.05, 0) is 6.07 Å². The van der Waals surface area contributed by atoms with Crippen molar-refractivity contribution in [3.8, 4) is 0 Å². The predicted octanol–water partition coefficient (Wildman–Crippen LogP) is 1.21. The summed E-state index contributed by atoms with van der Waals surface area (Å²) in [7, 11) is 1.52. The van der Waals surface area contributed by atoms with Crippen LogP contribution in [0.4, 0.5) is 0 Å². The molecule has 1 aromatic carbocycles. The molecule has 0 amide bonds. The number of aromatic nitrogens is 1. The summed E-state index contributed by atoms with van der Waals surface area (Å²) in [5.41, 5.74) is 1.85. The highest BCUT2D eigenvalue weighted by molar-refractivity contribution is 5.83. The number of methoxy groups -OCH3 is 1. The molecule has 0 unspecified atom stereocenters. The first-order valence-electron chi connectivity index (χ1n) is 5.15. The van der Waals surface area contributed by atoms with Crippen LogP contribution in [0.3, 0.4) is 0 Å². The lowest BCUT2D eigenvalue weighted by Crippen LogP contribution is -2.23. The van der Waals surface area contributed by atoms with E-state index in [1.807, 2.05) is 24.3 Å². The quantitative estimate of drug-likeness (QED) is 0.727. The molecule has 4 heteroatoms. The summed E-state index contributed by atoms with van der Waals surface area (Å²) in [6.45, 7) is -0.321. The fraction of sp³-hybridized carbons (Fsp3) is 0.333. The second-order valence-corrected chi connectivity index (χ2v) is 3.70. The van der Waals surface area contributed by atoms with Gasteiger partial charge in [-0.15, -0.1) is 0 Å². The molecule has 0 fully saturated rings. The van der Waals surface area contributed by atoms with Gasteiger partial charge in [0, 0.05) is 29.8 Å². The van der Waals surface area contributed by atoms with E-state index in [9.17, 15) is 5.11 Å². The Morgan fingerprint density at radius 3 is 2.81 bits per heavy atom. The monoisotopic (exact) mass is 221 g/mol. The van der Waals surface area contributed by atoms with Crippen molar-refractivity contribution in [2.45, 2.75) is 12.2 Å². The van der Waals surface area contributed by atoms with Crippen LogP contribution in [0.15, 0.2) is 30.5 Å². The molecular formula is C12H15NO3. The van der Waals surface area contributed by atoms with E-state index in [2.05, 4.69) is 4.98 Å². The van der Waals surface area contributed by atoms with Crippen LogP contribution in [0.25, 0.3) is 10.9 Å². The number of hydrogen-bond donors (Lipinski definition) is 3. The smallest absolute Gasteiger partial charge is 0.112 e. The minimum Gasteiger partial charge on any atom is -0.394 e. The molecule has 1 heterocycles. The second kappa shape index (κ2) is 4.65. The van der Waals surface area contributed by atoms with Crippen molar-refractivity contribution in [2.24, 2.45) is 0 Å². The average molecular weight is 221 g/mol. The molecule has 0 spiro atoms. The molecule has 0 aliphatic heterocycles. The van der Waals surface area contributed by atoms with Crippen LogP contribution in [0.1, 0.15) is 11.7 Å². The van der Waals surface area contributed by atoms with E-state index in [0.29, 0.717) is 0 Å². The number of para-hydroxylation sites is 1. The largest absolute Gasteiger partial charge is 0.394 e. The molecule has 2 aromatic rings. The Hall–Kier alpha value is -1.36. The summed E-state index contributed by atoms with van der Waals surface area (Å²) < 4.78 is 5.23. The number of aliphatic hydroxyl groups excluding tert-OH is 2. The van der Waals surface area contributed by atoms with Gasteiger partial charge in [-0.3, -0.25) is 0 Å². The Labute approximate surface area is 93.5 Å². The zero-order valence-electron chi connectivity index (χ0n) is 9.05. The Morgan fingerprint density at radius 1 is 1.38 bits per heavy atom. The molecule has 0 aliphatic carbocycles. The normalized spacial score (nSPS) is 15.2. The number of ether oxygens (including phenoxy) is 1. The van der Waals surface area contributed by atoms with Gasteiger partial charge in [0.05, 0.1) is 6.61 Å². The molecule has 2 rings (SSSR count). The summed E-state index contributed by atoms with van der Waals surface area (Å²) >= 11 is 0. The van der Waals surface area contributed by atoms with Gasteiger partial charge in [-0.1, -0.05) is 18.2 Å². The third kappa shape index (κ3) is 1.82. The third-order valence-electron chi connectivity index (χ3n) is 2.72. The summed E-state index contributed by atoms with van der Waals surface area (Å²) in [6, 6.07) is 7.78. The summed E-state index contributed by atoms with van der Waals surface area (Å²) in [5.74, 6) is 0. The van der Waals surface area contributed by atoms with Gasteiger partial charge >= 0.3 is 0 Å². The maximum Gasteiger partial charge on any atom is 0.112 e. The van der Waals surface area contributed by atoms with Crippen molar-refractivity contribution in [1.82, 2.24) is 4.98 Å². The van der Waals surface area contributed by atoms with Crippen LogP contribution in [0.5, 0.6) is 0 Å². The molecule has 16 heavy (non-hydrogen) atoms. The lowest BCUT2D eigenvalue weighted by Gasteiger charge is -2.19. The molecule has 4 nitrogen and oxygen atoms in total. The number of nitrogens with one attached hydrogen (secondary N) is 1. The standard InChI is InChI=1S/C12H15NO3/c1-16-12(11(15)7-14)9-6-13-10-5-3-2-4-8(9)10/h2-6,11-15H,7H2,1H3/t11-,12+/m1/s1. The van der Waals surface area contributed by atoms with Crippen molar-refractivity contribution < 1.29 is 14.9 Å². The minimum atomic E-state index is -0.913. The number of H-pyrrole nitrogens is 1. The lowest BCUT2D eigenvalue weighted by atomic mass is 10.0. The highest BCUT2D eigenvalue weighted by atomic mass is 16.5. The van der Waals surface area contributed by atoms with E-state index >= 15 is 0 Å². The van der Waals surface area contributed by atoms with Gasteiger partial charge in [-0.2, -0.15) is 0 Å². The van der Waals surface area contributed by atoms with Crippen LogP contribution < -0.4 is 0 Å². The van der Waals surface area contributed by atoms with E-state index in [1.165, 1.54) is 7.11 Å². The molecule has 0 saturated carbocycles. The summed E-state index contributed by atoms with van der Waals surface area (Å²) in [6.07, 6.45) is 0.378. The fourth-order valence-corrected chi connectivity index (χ4v) is 1.92. The second-order valence-electron chi connectivity index (χ2n) is 3.70. The lowest BCUT2D eigenvalue weighted by molar-refractivity contribution is -0.0385. The number of aromatic amines is 1. The highest BCUT2D eigenvalue weighted by Gasteiger charge is 2.22. The van der Waals surface area contributed by atoms with E-state index in [4.69, 9.17) is 9.84 Å². The highest BCUT2D eigenvalue weighted by Crippen LogP contribution is 2.28. The molecular weight excluding hydrogens is 206 g/mol. The Bertz CT molecular complexity index is 466. The van der Waals surface area contributed by atoms with E-state index in [0.717, 1.165) is 16.5 Å². The van der Waals surface area contributed by atoms with Crippen molar-refractivity contribution in [3.63, 3.8) is 0 Å². The number of fused-ring (bicyclic) bond motifs is 1. The third-order valence-corrected chi connectivity index (χ3v) is 2.72. The summed E-state index contributed by atoms with van der Waals surface area (Å²) in [4.78, 5) is 3.11. The van der Waals surface area contributed by atoms with Crippen molar-refractivity contribution in [2.75, 3.05) is 13.7 Å². The van der Waals surface area contributed by atoms with Gasteiger partial charge in [0.2, 0.25) is 0 Å². The molecule has 0 bridgehead atoms. The Morgan fingerprint density at radius 2 is 2.12 bits per heavy atom. The van der Waals surface area contributed by atoms with Crippen molar-refractivity contribution in [3.05, 3.63) is 36.0 Å². The number of aliphatic hydroxyl groups is 2. The fourth-order valence-electron chi connectivity index (χ4n) is 1.92. The number of benzene rings is 1. The van der Waals surface area contributed by atoms with Crippen LogP contribution in [-0.2, 0) is 4.74 Å². The van der Waals surface area contributed by atoms with Crippen molar-refractivity contribution >= 4 is 10.9 Å². The predicted molar refractivity (Wildman–Crippen MR) is 61.1 cm³/mol. The zero-order chi connectivity index (χ0) is 11.5. The van der Waals surface area contributed by atoms with Crippen LogP contribution >= 0.6 is 0 Å². The maximum absolute atomic E-state index is 9.66. The Kier molecular flexibility index (Phi) is 3.24. The topological polar surface area (TPSA) is 65.5 Å². The zero-order valence-corrected chi connectivity index (χ0v) is 9.05. The summed E-state index contributed by atoms with van der Waals surface area (Å²) in [5, 5.41) is 19.6. The maximum atomic E-state index is 9.66. The molecule has 0 radical (unpaired) electrons. The van der Waals surface area contributed by atoms with E-state index in [1.54, 1.807) is 6.20 Å². The number of hydrogen-bond acceptors (Lipinski definition) is 3. The molecule has 2 atom stereocenters. The number of rotatable bonds is 4. The first-order chi connectivity index (χ1) is 7.77. The van der Waals surface area contributed by atoms with Gasteiger partial charge in [0.1, 0.15) is 12.2 Å². The molecule has 0 saturated heterocycles. The van der Waals surface area contributed by atoms with Crippen LogP contribution in [0.2, 0.25) is 0 Å². The molecule has 86 valence electrons. The minimum absolute atomic E-state index is 0.321.